The van der Waals surface area contributed by atoms with Gasteiger partial charge in [-0.2, -0.15) is 0 Å². The number of anilines is 1. The summed E-state index contributed by atoms with van der Waals surface area (Å²) in [5.41, 5.74) is 1.26. The number of benzene rings is 2. The predicted molar refractivity (Wildman–Crippen MR) is 156 cm³/mol. The van der Waals surface area contributed by atoms with Crippen LogP contribution in [0.2, 0.25) is 5.02 Å². The highest BCUT2D eigenvalue weighted by Crippen LogP contribution is 2.38. The van der Waals surface area contributed by atoms with Crippen LogP contribution < -0.4 is 24.8 Å². The lowest BCUT2D eigenvalue weighted by atomic mass is 10.2. The van der Waals surface area contributed by atoms with E-state index in [1.54, 1.807) is 70.8 Å². The quantitative estimate of drug-likeness (QED) is 0.178. The SMILES string of the molecule is CC.CNC(=O)CSC(=Nc1cc(C)on1)Nc1ccc(Oc2ccnc3cc(OC)c(OC)cc23)cc1Cl. The maximum absolute atomic E-state index is 11.8. The molecule has 0 fully saturated rings. The van der Waals surface area contributed by atoms with E-state index in [-0.39, 0.29) is 11.7 Å². The number of fused-ring (bicyclic) bond motifs is 1. The fourth-order valence-electron chi connectivity index (χ4n) is 3.25. The smallest absolute Gasteiger partial charge is 0.230 e. The summed E-state index contributed by atoms with van der Waals surface area (Å²) in [6, 6.07) is 12.2. The number of amides is 1. The number of ether oxygens (including phenoxy) is 3. The summed E-state index contributed by atoms with van der Waals surface area (Å²) in [6.07, 6.45) is 1.65. The molecule has 39 heavy (non-hydrogen) atoms. The van der Waals surface area contributed by atoms with E-state index >= 15 is 0 Å². The van der Waals surface area contributed by atoms with Crippen molar-refractivity contribution in [3.05, 3.63) is 59.4 Å². The molecule has 2 aromatic carbocycles. The standard InChI is InChI=1S/C25H24ClN5O5S.C2H6/c1-14-9-23(31-36-14)30-25(37-13-24(32)27-2)29-18-6-5-15(10-17(18)26)35-20-7-8-28-19-12-22(34-4)21(33-3)11-16(19)20;1-2/h5-12H,13H2,1-4H3,(H,27,32)(H,29,30,31);1-2H3. The lowest BCUT2D eigenvalue weighted by Gasteiger charge is -2.14. The summed E-state index contributed by atoms with van der Waals surface area (Å²) in [7, 11) is 4.71. The van der Waals surface area contributed by atoms with Crippen molar-refractivity contribution in [1.82, 2.24) is 15.5 Å². The zero-order valence-corrected chi connectivity index (χ0v) is 24.1. The summed E-state index contributed by atoms with van der Waals surface area (Å²) in [4.78, 5) is 20.6. The van der Waals surface area contributed by atoms with Crippen LogP contribution in [0.25, 0.3) is 10.9 Å². The Morgan fingerprint density at radius 2 is 1.82 bits per heavy atom. The number of aromatic nitrogens is 2. The molecule has 0 radical (unpaired) electrons. The van der Waals surface area contributed by atoms with Crippen LogP contribution in [0.15, 0.2) is 58.2 Å². The number of carbonyl (C=O) groups is 1. The highest BCUT2D eigenvalue weighted by atomic mass is 35.5. The second-order valence-electron chi connectivity index (χ2n) is 7.58. The minimum atomic E-state index is -0.149. The Morgan fingerprint density at radius 3 is 2.46 bits per heavy atom. The van der Waals surface area contributed by atoms with Crippen LogP contribution in [0.4, 0.5) is 11.5 Å². The molecule has 0 aliphatic heterocycles. The third kappa shape index (κ3) is 7.78. The number of halogens is 1. The molecule has 0 spiro atoms. The van der Waals surface area contributed by atoms with E-state index in [1.807, 2.05) is 19.9 Å². The average molecular weight is 572 g/mol. The van der Waals surface area contributed by atoms with Crippen molar-refractivity contribution in [1.29, 1.82) is 0 Å². The number of nitrogens with zero attached hydrogens (tertiary/aromatic N) is 3. The Bertz CT molecular complexity index is 1460. The Balaban J connectivity index is 0.00000205. The number of aryl methyl sites for hydroxylation is 1. The zero-order valence-electron chi connectivity index (χ0n) is 22.5. The van der Waals surface area contributed by atoms with Gasteiger partial charge in [-0.1, -0.05) is 42.4 Å². The lowest BCUT2D eigenvalue weighted by molar-refractivity contribution is -0.118. The molecule has 1 amide bonds. The molecule has 4 aromatic rings. The molecule has 0 aliphatic rings. The van der Waals surface area contributed by atoms with Crippen molar-refractivity contribution in [2.45, 2.75) is 20.8 Å². The summed E-state index contributed by atoms with van der Waals surface area (Å²) >= 11 is 7.78. The van der Waals surface area contributed by atoms with Crippen molar-refractivity contribution in [2.75, 3.05) is 32.3 Å². The molecule has 2 N–H and O–H groups in total. The van der Waals surface area contributed by atoms with Crippen molar-refractivity contribution in [3.63, 3.8) is 0 Å². The number of hydrogen-bond acceptors (Lipinski definition) is 9. The van der Waals surface area contributed by atoms with E-state index < -0.39 is 0 Å². The Morgan fingerprint density at radius 1 is 1.08 bits per heavy atom. The second-order valence-corrected chi connectivity index (χ2v) is 8.95. The van der Waals surface area contributed by atoms with E-state index in [1.165, 1.54) is 11.8 Å². The van der Waals surface area contributed by atoms with E-state index in [2.05, 4.69) is 25.8 Å². The Kier molecular flexibility index (Phi) is 10.8. The molecule has 0 aliphatic carbocycles. The third-order valence-electron chi connectivity index (χ3n) is 5.07. The maximum Gasteiger partial charge on any atom is 0.230 e. The van der Waals surface area contributed by atoms with Crippen LogP contribution >= 0.6 is 23.4 Å². The third-order valence-corrected chi connectivity index (χ3v) is 6.25. The fraction of sp³-hybridized carbons (Fsp3) is 0.259. The van der Waals surface area contributed by atoms with Crippen molar-refractivity contribution in [2.24, 2.45) is 4.99 Å². The molecule has 206 valence electrons. The number of pyridine rings is 1. The topological polar surface area (TPSA) is 120 Å². The van der Waals surface area contributed by atoms with Crippen LogP contribution in [0.1, 0.15) is 19.6 Å². The summed E-state index contributed by atoms with van der Waals surface area (Å²) < 4.78 is 22.0. The molecular formula is C27H30ClN5O5S. The van der Waals surface area contributed by atoms with E-state index in [0.29, 0.717) is 56.0 Å². The molecule has 4 rings (SSSR count). The lowest BCUT2D eigenvalue weighted by Crippen LogP contribution is -2.22. The van der Waals surface area contributed by atoms with Gasteiger partial charge in [-0.3, -0.25) is 9.78 Å². The number of rotatable bonds is 8. The second kappa shape index (κ2) is 14.3. The highest BCUT2D eigenvalue weighted by molar-refractivity contribution is 8.14. The van der Waals surface area contributed by atoms with Crippen LogP contribution in [0.5, 0.6) is 23.0 Å². The van der Waals surface area contributed by atoms with Gasteiger partial charge < -0.3 is 29.4 Å². The summed E-state index contributed by atoms with van der Waals surface area (Å²) in [5, 5.41) is 11.2. The largest absolute Gasteiger partial charge is 0.493 e. The van der Waals surface area contributed by atoms with Gasteiger partial charge in [0.2, 0.25) is 5.91 Å². The van der Waals surface area contributed by atoms with Gasteiger partial charge in [0.15, 0.2) is 22.5 Å². The van der Waals surface area contributed by atoms with Crippen LogP contribution in [0.3, 0.4) is 0 Å². The van der Waals surface area contributed by atoms with Crippen LogP contribution in [-0.4, -0.2) is 48.2 Å². The van der Waals surface area contributed by atoms with Gasteiger partial charge in [-0.05, 0) is 31.2 Å². The minimum Gasteiger partial charge on any atom is -0.493 e. The van der Waals surface area contributed by atoms with Crippen LogP contribution in [-0.2, 0) is 4.79 Å². The number of carbonyl (C=O) groups excluding carboxylic acids is 1. The molecule has 0 bridgehead atoms. The first-order chi connectivity index (χ1) is 18.9. The number of amidine groups is 1. The number of methoxy groups -OCH3 is 2. The fourth-order valence-corrected chi connectivity index (χ4v) is 4.22. The highest BCUT2D eigenvalue weighted by Gasteiger charge is 2.14. The minimum absolute atomic E-state index is 0.149. The molecule has 0 unspecified atom stereocenters. The van der Waals surface area contributed by atoms with Crippen molar-refractivity contribution >= 4 is 56.8 Å². The zero-order chi connectivity index (χ0) is 28.4. The van der Waals surface area contributed by atoms with E-state index in [4.69, 9.17) is 30.3 Å². The number of thioether (sulfide) groups is 1. The van der Waals surface area contributed by atoms with Gasteiger partial charge in [0.1, 0.15) is 17.3 Å². The molecule has 10 nitrogen and oxygen atoms in total. The predicted octanol–water partition coefficient (Wildman–Crippen LogP) is 6.60. The molecule has 0 atom stereocenters. The van der Waals surface area contributed by atoms with Gasteiger partial charge in [0.05, 0.1) is 36.2 Å². The number of hydrogen-bond donors (Lipinski definition) is 2. The molecule has 12 heteroatoms. The number of aliphatic imine (C=N–C) groups is 1. The van der Waals surface area contributed by atoms with Gasteiger partial charge in [0, 0.05) is 36.8 Å². The van der Waals surface area contributed by atoms with Gasteiger partial charge in [-0.15, -0.1) is 0 Å². The van der Waals surface area contributed by atoms with E-state index in [9.17, 15) is 4.79 Å². The molecule has 2 heterocycles. The summed E-state index contributed by atoms with van der Waals surface area (Å²) in [5.74, 6) is 3.23. The molecule has 2 aromatic heterocycles. The van der Waals surface area contributed by atoms with Gasteiger partial charge in [0.25, 0.3) is 0 Å². The Labute approximate surface area is 236 Å². The van der Waals surface area contributed by atoms with Crippen molar-refractivity contribution < 1.29 is 23.5 Å². The van der Waals surface area contributed by atoms with Crippen LogP contribution in [0, 0.1) is 6.92 Å². The van der Waals surface area contributed by atoms with Crippen molar-refractivity contribution in [3.8, 4) is 23.0 Å². The average Bonchev–Trinajstić information content (AvgIpc) is 3.37. The monoisotopic (exact) mass is 571 g/mol. The molecule has 0 saturated carbocycles. The normalized spacial score (nSPS) is 10.9. The number of nitrogens with one attached hydrogen (secondary N) is 2. The first-order valence-corrected chi connectivity index (χ1v) is 13.4. The van der Waals surface area contributed by atoms with Gasteiger partial charge in [-0.25, -0.2) is 4.99 Å². The molecular weight excluding hydrogens is 542 g/mol. The summed E-state index contributed by atoms with van der Waals surface area (Å²) in [6.45, 7) is 5.77. The van der Waals surface area contributed by atoms with E-state index in [0.717, 1.165) is 5.39 Å². The van der Waals surface area contributed by atoms with Gasteiger partial charge >= 0.3 is 0 Å². The Hall–Kier alpha value is -3.96. The first kappa shape index (κ1) is 29.6. The molecule has 0 saturated heterocycles. The first-order valence-electron chi connectivity index (χ1n) is 12.0. The maximum atomic E-state index is 11.8.